The monoisotopic (exact) mass is 358 g/mol. The van der Waals surface area contributed by atoms with Crippen molar-refractivity contribution in [3.8, 4) is 0 Å². The first-order valence-corrected chi connectivity index (χ1v) is 8.77. The lowest BCUT2D eigenvalue weighted by Gasteiger charge is -2.23. The van der Waals surface area contributed by atoms with Gasteiger partial charge >= 0.3 is 5.97 Å². The summed E-state index contributed by atoms with van der Waals surface area (Å²) in [6, 6.07) is 14.7. The van der Waals surface area contributed by atoms with Crippen molar-refractivity contribution in [2.75, 3.05) is 6.61 Å². The van der Waals surface area contributed by atoms with Gasteiger partial charge in [-0.15, -0.1) is 0 Å². The molecule has 0 unspecified atom stereocenters. The third kappa shape index (κ3) is 4.93. The van der Waals surface area contributed by atoms with E-state index in [0.717, 1.165) is 11.1 Å². The molecule has 0 bridgehead atoms. The molecule has 0 radical (unpaired) electrons. The third-order valence-corrected chi connectivity index (χ3v) is 4.52. The molecule has 0 heterocycles. The van der Waals surface area contributed by atoms with Gasteiger partial charge in [0.2, 0.25) is 0 Å². The second-order valence-electron chi connectivity index (χ2n) is 6.47. The molecule has 2 aromatic carbocycles. The Kier molecular flexibility index (Phi) is 6.38. The number of halogens is 1. The van der Waals surface area contributed by atoms with Gasteiger partial charge in [0.05, 0.1) is 12.0 Å². The van der Waals surface area contributed by atoms with Crippen LogP contribution in [-0.4, -0.2) is 18.4 Å². The fraction of sp³-hybridized carbons (Fsp3) is 0.333. The summed E-state index contributed by atoms with van der Waals surface area (Å²) in [6.07, 6.45) is 1.09. The van der Waals surface area contributed by atoms with E-state index in [2.05, 4.69) is 0 Å². The van der Waals surface area contributed by atoms with Crippen molar-refractivity contribution in [3.05, 3.63) is 70.2 Å². The number of hydrogen-bond donors (Lipinski definition) is 0. The quantitative estimate of drug-likeness (QED) is 0.517. The standard InChI is InChI=1S/C21H23ClO3/c1-4-25-20(24)21(2,3)17-10-5-15(6-11-17)7-14-19(23)16-8-12-18(22)13-9-16/h5-6,8-13H,4,7,14H2,1-3H3. The minimum Gasteiger partial charge on any atom is -0.465 e. The van der Waals surface area contributed by atoms with Crippen LogP contribution < -0.4 is 0 Å². The number of esters is 1. The minimum absolute atomic E-state index is 0.0904. The number of ketones is 1. The van der Waals surface area contributed by atoms with Crippen molar-refractivity contribution >= 4 is 23.4 Å². The fourth-order valence-electron chi connectivity index (χ4n) is 2.56. The molecule has 4 heteroatoms. The van der Waals surface area contributed by atoms with Gasteiger partial charge in [-0.1, -0.05) is 35.9 Å². The van der Waals surface area contributed by atoms with Crippen molar-refractivity contribution in [2.24, 2.45) is 0 Å². The summed E-state index contributed by atoms with van der Waals surface area (Å²) in [5, 5.41) is 0.622. The normalized spacial score (nSPS) is 11.2. The first-order valence-electron chi connectivity index (χ1n) is 8.40. The molecule has 0 aliphatic rings. The van der Waals surface area contributed by atoms with Gasteiger partial charge in [-0.05, 0) is 62.6 Å². The SMILES string of the molecule is CCOC(=O)C(C)(C)c1ccc(CCC(=O)c2ccc(Cl)cc2)cc1. The summed E-state index contributed by atoms with van der Waals surface area (Å²) in [6.45, 7) is 5.87. The predicted octanol–water partition coefficient (Wildman–Crippen LogP) is 5.00. The maximum Gasteiger partial charge on any atom is 0.315 e. The zero-order valence-electron chi connectivity index (χ0n) is 14.8. The number of benzene rings is 2. The molecule has 2 rings (SSSR count). The molecule has 132 valence electrons. The molecule has 0 N–H and O–H groups in total. The van der Waals surface area contributed by atoms with Gasteiger partial charge in [0.1, 0.15) is 0 Å². The second kappa shape index (κ2) is 8.30. The van der Waals surface area contributed by atoms with E-state index in [9.17, 15) is 9.59 Å². The van der Waals surface area contributed by atoms with Gasteiger partial charge in [0.15, 0.2) is 5.78 Å². The van der Waals surface area contributed by atoms with E-state index in [-0.39, 0.29) is 11.8 Å². The van der Waals surface area contributed by atoms with Gasteiger partial charge in [-0.25, -0.2) is 0 Å². The van der Waals surface area contributed by atoms with Crippen LogP contribution in [0.1, 0.15) is 48.7 Å². The largest absolute Gasteiger partial charge is 0.465 e. The van der Waals surface area contributed by atoms with E-state index in [1.807, 2.05) is 38.1 Å². The summed E-state index contributed by atoms with van der Waals surface area (Å²) in [7, 11) is 0. The Labute approximate surface area is 154 Å². The molecule has 0 spiro atoms. The van der Waals surface area contributed by atoms with Crippen LogP contribution in [0.4, 0.5) is 0 Å². The molecule has 0 aliphatic carbocycles. The highest BCUT2D eigenvalue weighted by molar-refractivity contribution is 6.30. The van der Waals surface area contributed by atoms with Crippen LogP contribution >= 0.6 is 11.6 Å². The average Bonchev–Trinajstić information content (AvgIpc) is 2.61. The maximum atomic E-state index is 12.2. The molecular weight excluding hydrogens is 336 g/mol. The molecule has 0 fully saturated rings. The molecule has 0 saturated heterocycles. The van der Waals surface area contributed by atoms with Crippen molar-refractivity contribution in [2.45, 2.75) is 39.0 Å². The average molecular weight is 359 g/mol. The number of aryl methyl sites for hydroxylation is 1. The molecule has 0 amide bonds. The van der Waals surface area contributed by atoms with Crippen molar-refractivity contribution in [1.82, 2.24) is 0 Å². The Hall–Kier alpha value is -2.13. The van der Waals surface area contributed by atoms with Crippen molar-refractivity contribution in [3.63, 3.8) is 0 Å². The van der Waals surface area contributed by atoms with Crippen molar-refractivity contribution in [1.29, 1.82) is 0 Å². The summed E-state index contributed by atoms with van der Waals surface area (Å²) < 4.78 is 5.13. The van der Waals surface area contributed by atoms with Crippen LogP contribution in [0.2, 0.25) is 5.02 Å². The molecule has 2 aromatic rings. The zero-order valence-corrected chi connectivity index (χ0v) is 15.6. The maximum absolute atomic E-state index is 12.2. The van der Waals surface area contributed by atoms with Gasteiger partial charge in [0, 0.05) is 17.0 Å². The summed E-state index contributed by atoms with van der Waals surface area (Å²) >= 11 is 5.84. The Balaban J connectivity index is 1.99. The van der Waals surface area contributed by atoms with Gasteiger partial charge < -0.3 is 4.74 Å². The van der Waals surface area contributed by atoms with E-state index in [4.69, 9.17) is 16.3 Å². The Morgan fingerprint density at radius 2 is 1.60 bits per heavy atom. The van der Waals surface area contributed by atoms with E-state index >= 15 is 0 Å². The lowest BCUT2D eigenvalue weighted by atomic mass is 9.84. The van der Waals surface area contributed by atoms with Crippen LogP contribution in [0.15, 0.2) is 48.5 Å². The van der Waals surface area contributed by atoms with Gasteiger partial charge in [0.25, 0.3) is 0 Å². The number of hydrogen-bond acceptors (Lipinski definition) is 3. The highest BCUT2D eigenvalue weighted by Crippen LogP contribution is 2.25. The van der Waals surface area contributed by atoms with Crippen LogP contribution in [0.25, 0.3) is 0 Å². The van der Waals surface area contributed by atoms with E-state index in [1.165, 1.54) is 0 Å². The smallest absolute Gasteiger partial charge is 0.315 e. The van der Waals surface area contributed by atoms with E-state index in [1.54, 1.807) is 31.2 Å². The number of carbonyl (C=O) groups is 2. The molecule has 3 nitrogen and oxygen atoms in total. The molecule has 0 saturated carbocycles. The molecular formula is C21H23ClO3. The second-order valence-corrected chi connectivity index (χ2v) is 6.91. The predicted molar refractivity (Wildman–Crippen MR) is 100 cm³/mol. The first kappa shape index (κ1) is 19.2. The topological polar surface area (TPSA) is 43.4 Å². The van der Waals surface area contributed by atoms with Crippen molar-refractivity contribution < 1.29 is 14.3 Å². The van der Waals surface area contributed by atoms with E-state index < -0.39 is 5.41 Å². The van der Waals surface area contributed by atoms with Crippen LogP contribution in [0.5, 0.6) is 0 Å². The fourth-order valence-corrected chi connectivity index (χ4v) is 2.68. The number of carbonyl (C=O) groups excluding carboxylic acids is 2. The molecule has 0 atom stereocenters. The van der Waals surface area contributed by atoms with Gasteiger partial charge in [-0.3, -0.25) is 9.59 Å². The summed E-state index contributed by atoms with van der Waals surface area (Å²) in [5.74, 6) is -0.145. The lowest BCUT2D eigenvalue weighted by molar-refractivity contribution is -0.148. The van der Waals surface area contributed by atoms with Crippen LogP contribution in [0.3, 0.4) is 0 Å². The Morgan fingerprint density at radius 3 is 2.16 bits per heavy atom. The first-order chi connectivity index (χ1) is 11.8. The minimum atomic E-state index is -0.687. The number of Topliss-reactive ketones (excluding diaryl/α,β-unsaturated/α-hetero) is 1. The number of rotatable bonds is 7. The van der Waals surface area contributed by atoms with Crippen LogP contribution in [0, 0.1) is 0 Å². The molecule has 0 aromatic heterocycles. The van der Waals surface area contributed by atoms with Gasteiger partial charge in [-0.2, -0.15) is 0 Å². The lowest BCUT2D eigenvalue weighted by Crippen LogP contribution is -2.31. The zero-order chi connectivity index (χ0) is 18.4. The highest BCUT2D eigenvalue weighted by atomic mass is 35.5. The molecule has 0 aliphatic heterocycles. The third-order valence-electron chi connectivity index (χ3n) is 4.27. The van der Waals surface area contributed by atoms with Crippen LogP contribution in [-0.2, 0) is 21.4 Å². The Morgan fingerprint density at radius 1 is 1.00 bits per heavy atom. The highest BCUT2D eigenvalue weighted by Gasteiger charge is 2.31. The van der Waals surface area contributed by atoms with E-state index in [0.29, 0.717) is 30.0 Å². The molecule has 25 heavy (non-hydrogen) atoms. The Bertz CT molecular complexity index is 731. The summed E-state index contributed by atoms with van der Waals surface area (Å²) in [4.78, 5) is 24.3. The summed E-state index contributed by atoms with van der Waals surface area (Å²) in [5.41, 5.74) is 1.95. The number of ether oxygens (including phenoxy) is 1.